The topological polar surface area (TPSA) is 32.3 Å². The summed E-state index contributed by atoms with van der Waals surface area (Å²) in [5.74, 6) is 0.0735. The second-order valence-corrected chi connectivity index (χ2v) is 4.98. The second kappa shape index (κ2) is 4.49. The first-order valence-electron chi connectivity index (χ1n) is 6.44. The Hall–Kier alpha value is -1.35. The van der Waals surface area contributed by atoms with Crippen LogP contribution in [0.5, 0.6) is 0 Å². The lowest BCUT2D eigenvalue weighted by molar-refractivity contribution is 0.0929. The van der Waals surface area contributed by atoms with Crippen LogP contribution < -0.4 is 5.32 Å². The van der Waals surface area contributed by atoms with E-state index in [0.717, 1.165) is 18.5 Å². The molecule has 1 aromatic rings. The Morgan fingerprint density at radius 1 is 1.18 bits per heavy atom. The lowest BCUT2D eigenvalue weighted by Gasteiger charge is -2.21. The minimum Gasteiger partial charge on any atom is -0.348 e. The Morgan fingerprint density at radius 3 is 2.82 bits per heavy atom. The fourth-order valence-corrected chi connectivity index (χ4v) is 3.09. The highest BCUT2D eigenvalue weighted by atomic mass is 16.1. The molecule has 0 aromatic heterocycles. The molecule has 0 spiro atoms. The van der Waals surface area contributed by atoms with Gasteiger partial charge in [-0.2, -0.15) is 0 Å². The summed E-state index contributed by atoms with van der Waals surface area (Å²) in [6.45, 7) is 2.35. The lowest BCUT2D eigenvalue weighted by atomic mass is 10.1. The van der Waals surface area contributed by atoms with Gasteiger partial charge in [-0.05, 0) is 37.9 Å². The number of fused-ring (bicyclic) bond motifs is 1. The van der Waals surface area contributed by atoms with Crippen LogP contribution in [0.1, 0.15) is 29.6 Å². The highest BCUT2D eigenvalue weighted by Crippen LogP contribution is 2.27. The number of nitrogens with one attached hydrogen (secondary N) is 1. The number of nitrogens with zero attached hydrogens (tertiary/aromatic N) is 1. The Labute approximate surface area is 102 Å². The van der Waals surface area contributed by atoms with E-state index >= 15 is 0 Å². The van der Waals surface area contributed by atoms with Crippen molar-refractivity contribution in [2.75, 3.05) is 13.1 Å². The molecule has 2 aliphatic heterocycles. The van der Waals surface area contributed by atoms with Crippen molar-refractivity contribution >= 4 is 5.91 Å². The number of hydrogen-bond donors (Lipinski definition) is 1. The van der Waals surface area contributed by atoms with Crippen molar-refractivity contribution in [3.05, 3.63) is 35.9 Å². The van der Waals surface area contributed by atoms with E-state index in [2.05, 4.69) is 10.2 Å². The van der Waals surface area contributed by atoms with Gasteiger partial charge < -0.3 is 5.32 Å². The quantitative estimate of drug-likeness (QED) is 0.838. The number of carbonyl (C=O) groups is 1. The van der Waals surface area contributed by atoms with Crippen molar-refractivity contribution in [1.29, 1.82) is 0 Å². The summed E-state index contributed by atoms with van der Waals surface area (Å²) >= 11 is 0. The van der Waals surface area contributed by atoms with E-state index in [1.54, 1.807) is 0 Å². The molecule has 3 nitrogen and oxygen atoms in total. The number of rotatable bonds is 2. The average Bonchev–Trinajstić information content (AvgIpc) is 2.95. The summed E-state index contributed by atoms with van der Waals surface area (Å²) in [5, 5.41) is 3.19. The first-order valence-corrected chi connectivity index (χ1v) is 6.44. The largest absolute Gasteiger partial charge is 0.348 e. The fourth-order valence-electron chi connectivity index (χ4n) is 3.09. The minimum absolute atomic E-state index is 0.0735. The number of amides is 1. The van der Waals surface area contributed by atoms with Crippen molar-refractivity contribution in [2.24, 2.45) is 0 Å². The third-order valence-electron chi connectivity index (χ3n) is 3.96. The first-order chi connectivity index (χ1) is 8.34. The van der Waals surface area contributed by atoms with Gasteiger partial charge in [0.25, 0.3) is 5.91 Å². The summed E-state index contributed by atoms with van der Waals surface area (Å²) in [5.41, 5.74) is 0.768. The molecule has 2 saturated heterocycles. The SMILES string of the molecule is O=C(N[C@H]1CCN2CCC[C@H]12)c1ccccc1. The third kappa shape index (κ3) is 2.07. The summed E-state index contributed by atoms with van der Waals surface area (Å²) < 4.78 is 0. The average molecular weight is 230 g/mol. The Morgan fingerprint density at radius 2 is 2.00 bits per heavy atom. The van der Waals surface area contributed by atoms with Crippen LogP contribution in [0.4, 0.5) is 0 Å². The predicted molar refractivity (Wildman–Crippen MR) is 66.9 cm³/mol. The van der Waals surface area contributed by atoms with Crippen LogP contribution in [-0.4, -0.2) is 36.0 Å². The van der Waals surface area contributed by atoms with Crippen molar-refractivity contribution < 1.29 is 4.79 Å². The Bertz CT molecular complexity index is 404. The molecule has 0 aliphatic carbocycles. The van der Waals surface area contributed by atoms with Gasteiger partial charge in [-0.15, -0.1) is 0 Å². The molecule has 90 valence electrons. The van der Waals surface area contributed by atoms with Gasteiger partial charge in [0.05, 0.1) is 0 Å². The molecular formula is C14H18N2O. The zero-order valence-electron chi connectivity index (χ0n) is 9.93. The standard InChI is InChI=1S/C14H18N2O/c17-14(11-5-2-1-3-6-11)15-12-8-10-16-9-4-7-13(12)16/h1-3,5-6,12-13H,4,7-10H2,(H,15,17)/t12-,13+/m0/s1. The third-order valence-corrected chi connectivity index (χ3v) is 3.96. The molecule has 2 fully saturated rings. The summed E-state index contributed by atoms with van der Waals surface area (Å²) in [6.07, 6.45) is 3.62. The van der Waals surface area contributed by atoms with Gasteiger partial charge in [0.2, 0.25) is 0 Å². The van der Waals surface area contributed by atoms with E-state index in [9.17, 15) is 4.79 Å². The van der Waals surface area contributed by atoms with E-state index in [-0.39, 0.29) is 5.91 Å². The maximum Gasteiger partial charge on any atom is 0.251 e. The first kappa shape index (κ1) is 10.8. The molecule has 2 atom stereocenters. The Kier molecular flexibility index (Phi) is 2.85. The number of benzene rings is 1. The zero-order valence-corrected chi connectivity index (χ0v) is 9.93. The van der Waals surface area contributed by atoms with Gasteiger partial charge in [-0.3, -0.25) is 9.69 Å². The molecule has 0 unspecified atom stereocenters. The minimum atomic E-state index is 0.0735. The van der Waals surface area contributed by atoms with E-state index in [0.29, 0.717) is 12.1 Å². The van der Waals surface area contributed by atoms with E-state index < -0.39 is 0 Å². The summed E-state index contributed by atoms with van der Waals surface area (Å²) in [7, 11) is 0. The molecule has 17 heavy (non-hydrogen) atoms. The van der Waals surface area contributed by atoms with Crippen molar-refractivity contribution in [2.45, 2.75) is 31.3 Å². The molecule has 2 heterocycles. The lowest BCUT2D eigenvalue weighted by Crippen LogP contribution is -2.42. The zero-order chi connectivity index (χ0) is 11.7. The molecule has 0 radical (unpaired) electrons. The van der Waals surface area contributed by atoms with Crippen molar-refractivity contribution in [1.82, 2.24) is 10.2 Å². The van der Waals surface area contributed by atoms with Gasteiger partial charge in [-0.1, -0.05) is 18.2 Å². The summed E-state index contributed by atoms with van der Waals surface area (Å²) in [4.78, 5) is 14.6. The van der Waals surface area contributed by atoms with Crippen LogP contribution >= 0.6 is 0 Å². The number of carbonyl (C=O) groups excluding carboxylic acids is 1. The predicted octanol–water partition coefficient (Wildman–Crippen LogP) is 1.65. The van der Waals surface area contributed by atoms with Crippen LogP contribution in [0.15, 0.2) is 30.3 Å². The maximum atomic E-state index is 12.1. The smallest absolute Gasteiger partial charge is 0.251 e. The van der Waals surface area contributed by atoms with Crippen LogP contribution in [0.2, 0.25) is 0 Å². The van der Waals surface area contributed by atoms with E-state index in [1.165, 1.54) is 19.4 Å². The van der Waals surface area contributed by atoms with Crippen molar-refractivity contribution in [3.63, 3.8) is 0 Å². The molecule has 0 saturated carbocycles. The van der Waals surface area contributed by atoms with Crippen LogP contribution in [0, 0.1) is 0 Å². The summed E-state index contributed by atoms with van der Waals surface area (Å²) in [6, 6.07) is 10.4. The molecule has 3 heteroatoms. The Balaban J connectivity index is 1.66. The highest BCUT2D eigenvalue weighted by molar-refractivity contribution is 5.94. The number of hydrogen-bond acceptors (Lipinski definition) is 2. The van der Waals surface area contributed by atoms with Crippen LogP contribution in [0.3, 0.4) is 0 Å². The molecule has 0 bridgehead atoms. The van der Waals surface area contributed by atoms with Crippen LogP contribution in [0.25, 0.3) is 0 Å². The molecule has 1 aromatic carbocycles. The normalized spacial score (nSPS) is 28.0. The molecule has 1 N–H and O–H groups in total. The molecule has 2 aliphatic rings. The van der Waals surface area contributed by atoms with Crippen LogP contribution in [-0.2, 0) is 0 Å². The van der Waals surface area contributed by atoms with E-state index in [1.807, 2.05) is 30.3 Å². The molecular weight excluding hydrogens is 212 g/mol. The van der Waals surface area contributed by atoms with E-state index in [4.69, 9.17) is 0 Å². The maximum absolute atomic E-state index is 12.1. The highest BCUT2D eigenvalue weighted by Gasteiger charge is 2.37. The van der Waals surface area contributed by atoms with Gasteiger partial charge in [-0.25, -0.2) is 0 Å². The van der Waals surface area contributed by atoms with Gasteiger partial charge in [0.1, 0.15) is 0 Å². The van der Waals surface area contributed by atoms with Gasteiger partial charge in [0.15, 0.2) is 0 Å². The monoisotopic (exact) mass is 230 g/mol. The van der Waals surface area contributed by atoms with Gasteiger partial charge in [0, 0.05) is 24.2 Å². The van der Waals surface area contributed by atoms with Gasteiger partial charge >= 0.3 is 0 Å². The fraction of sp³-hybridized carbons (Fsp3) is 0.500. The second-order valence-electron chi connectivity index (χ2n) is 4.98. The molecule has 3 rings (SSSR count). The van der Waals surface area contributed by atoms with Crippen molar-refractivity contribution in [3.8, 4) is 0 Å². The molecule has 1 amide bonds.